The minimum Gasteiger partial charge on any atom is -0.343 e. The van der Waals surface area contributed by atoms with E-state index in [-0.39, 0.29) is 0 Å². The summed E-state index contributed by atoms with van der Waals surface area (Å²) in [5.41, 5.74) is 0.529. The predicted octanol–water partition coefficient (Wildman–Crippen LogP) is 1.55. The van der Waals surface area contributed by atoms with Crippen molar-refractivity contribution in [3.63, 3.8) is 0 Å². The van der Waals surface area contributed by atoms with Crippen LogP contribution >= 0.6 is 0 Å². The molecule has 6 nitrogen and oxygen atoms in total. The first-order valence-electron chi connectivity index (χ1n) is 7.45. The molecule has 0 radical (unpaired) electrons. The van der Waals surface area contributed by atoms with Crippen molar-refractivity contribution < 1.29 is 23.2 Å². The molecule has 3 rings (SSSR count). The number of alkyl halides is 2. The van der Waals surface area contributed by atoms with E-state index in [4.69, 9.17) is 0 Å². The molecule has 0 spiro atoms. The quantitative estimate of drug-likeness (QED) is 0.856. The van der Waals surface area contributed by atoms with Crippen molar-refractivity contribution in [3.05, 3.63) is 47.8 Å². The monoisotopic (exact) mass is 345 g/mol. The lowest BCUT2D eigenvalue weighted by atomic mass is 10.1. The molecule has 25 heavy (non-hydrogen) atoms. The number of aromatic nitrogens is 1. The molecule has 2 heterocycles. The Labute approximate surface area is 141 Å². The molecule has 1 N–H and O–H groups in total. The molecule has 0 atom stereocenters. The van der Waals surface area contributed by atoms with Crippen LogP contribution in [0.5, 0.6) is 0 Å². The first-order chi connectivity index (χ1) is 11.9. The maximum atomic E-state index is 13.3. The highest BCUT2D eigenvalue weighted by atomic mass is 19.3. The molecular weight excluding hydrogens is 332 g/mol. The van der Waals surface area contributed by atoms with E-state index in [0.717, 1.165) is 0 Å². The van der Waals surface area contributed by atoms with E-state index in [1.54, 1.807) is 24.3 Å². The largest absolute Gasteiger partial charge is 0.343 e. The summed E-state index contributed by atoms with van der Waals surface area (Å²) in [6, 6.07) is 8.49. The van der Waals surface area contributed by atoms with Crippen LogP contribution in [0.15, 0.2) is 42.2 Å². The third-order valence-electron chi connectivity index (χ3n) is 3.85. The van der Waals surface area contributed by atoms with Crippen molar-refractivity contribution in [2.45, 2.75) is 12.3 Å². The van der Waals surface area contributed by atoms with Gasteiger partial charge in [-0.1, -0.05) is 18.2 Å². The zero-order valence-electron chi connectivity index (χ0n) is 13.0. The molecule has 1 saturated heterocycles. The minimum absolute atomic E-state index is 0.316. The van der Waals surface area contributed by atoms with E-state index >= 15 is 0 Å². The van der Waals surface area contributed by atoms with Gasteiger partial charge >= 0.3 is 0 Å². The fourth-order valence-electron chi connectivity index (χ4n) is 2.69. The number of benzene rings is 1. The Hall–Kier alpha value is -3.12. The number of likely N-dealkylation sites (tertiary alicyclic amines) is 1. The van der Waals surface area contributed by atoms with E-state index in [1.165, 1.54) is 18.2 Å². The maximum absolute atomic E-state index is 13.3. The lowest BCUT2D eigenvalue weighted by molar-refractivity contribution is -0.129. The van der Waals surface area contributed by atoms with Gasteiger partial charge in [0.25, 0.3) is 11.8 Å². The van der Waals surface area contributed by atoms with Crippen LogP contribution in [0.1, 0.15) is 16.8 Å². The number of allylic oxidation sites excluding steroid dienone is 1. The molecule has 8 heteroatoms. The Balaban J connectivity index is 1.72. The van der Waals surface area contributed by atoms with Gasteiger partial charge in [-0.15, -0.1) is 0 Å². The zero-order valence-corrected chi connectivity index (χ0v) is 13.0. The summed E-state index contributed by atoms with van der Waals surface area (Å²) in [7, 11) is 0. The van der Waals surface area contributed by atoms with Gasteiger partial charge in [0.05, 0.1) is 30.6 Å². The Morgan fingerprint density at radius 1 is 1.28 bits per heavy atom. The number of para-hydroxylation sites is 1. The third kappa shape index (κ3) is 3.39. The van der Waals surface area contributed by atoms with Gasteiger partial charge in [0.1, 0.15) is 11.6 Å². The average molecular weight is 345 g/mol. The fourth-order valence-corrected chi connectivity index (χ4v) is 2.69. The van der Waals surface area contributed by atoms with E-state index in [2.05, 4.69) is 10.3 Å². The lowest BCUT2D eigenvalue weighted by Gasteiger charge is -2.16. The first-order valence-corrected chi connectivity index (χ1v) is 7.45. The molecule has 2 aromatic rings. The average Bonchev–Trinajstić information content (AvgIpc) is 2.93. The number of carbonyl (C=O) groups is 2. The number of carbonyl (C=O) groups excluding carboxylic acids is 3. The van der Waals surface area contributed by atoms with Crippen LogP contribution in [0.25, 0.3) is 10.9 Å². The third-order valence-corrected chi connectivity index (χ3v) is 3.85. The van der Waals surface area contributed by atoms with Crippen LogP contribution in [0.2, 0.25) is 0 Å². The zero-order chi connectivity index (χ0) is 18.0. The lowest BCUT2D eigenvalue weighted by Crippen LogP contribution is -2.39. The van der Waals surface area contributed by atoms with Crippen LogP contribution in [0.3, 0.4) is 0 Å². The number of nitrogens with zero attached hydrogens (tertiary/aromatic N) is 2. The van der Waals surface area contributed by atoms with Crippen LogP contribution in [-0.4, -0.2) is 46.7 Å². The van der Waals surface area contributed by atoms with Gasteiger partial charge < -0.3 is 5.32 Å². The number of halogens is 2. The number of rotatable bonds is 3. The van der Waals surface area contributed by atoms with Gasteiger partial charge in [-0.05, 0) is 12.1 Å². The maximum Gasteiger partial charge on any atom is 0.271 e. The number of amides is 2. The molecule has 0 unspecified atom stereocenters. The smallest absolute Gasteiger partial charge is 0.271 e. The number of fused-ring (bicyclic) bond motifs is 1. The molecule has 0 aliphatic carbocycles. The molecular formula is C17H13F2N3O3. The van der Waals surface area contributed by atoms with Crippen molar-refractivity contribution in [3.8, 4) is 0 Å². The van der Waals surface area contributed by atoms with Crippen LogP contribution in [0, 0.1) is 0 Å². The molecule has 128 valence electrons. The first kappa shape index (κ1) is 16.7. The predicted molar refractivity (Wildman–Crippen MR) is 84.6 cm³/mol. The fraction of sp³-hybridized carbons (Fsp3) is 0.235. The highest BCUT2D eigenvalue weighted by Crippen LogP contribution is 2.33. The highest BCUT2D eigenvalue weighted by Gasteiger charge is 2.44. The van der Waals surface area contributed by atoms with Gasteiger partial charge in [-0.25, -0.2) is 13.6 Å². The van der Waals surface area contributed by atoms with E-state index in [0.29, 0.717) is 21.4 Å². The molecule has 0 bridgehead atoms. The summed E-state index contributed by atoms with van der Waals surface area (Å²) in [6.07, 6.45) is 0.637. The Kier molecular flexibility index (Phi) is 4.29. The second-order valence-electron chi connectivity index (χ2n) is 5.62. The summed E-state index contributed by atoms with van der Waals surface area (Å²) >= 11 is 0. The van der Waals surface area contributed by atoms with Crippen molar-refractivity contribution in [1.82, 2.24) is 15.2 Å². The topological polar surface area (TPSA) is 79.4 Å². The summed E-state index contributed by atoms with van der Waals surface area (Å²) in [6.45, 7) is -1.39. The minimum atomic E-state index is -3.16. The van der Waals surface area contributed by atoms with Crippen LogP contribution in [-0.2, 0) is 9.59 Å². The Bertz CT molecular complexity index is 902. The van der Waals surface area contributed by atoms with Crippen molar-refractivity contribution in [2.75, 3.05) is 13.1 Å². The number of pyridine rings is 1. The standard InChI is InChI=1S/C17H13F2N3O3/c18-17(19)7-11(9-23)22(10-17)15(24)8-21-16(25)13-5-6-20-14-4-2-1-3-12(13)14/h1-6H,7-8,10H2,(H,21,25). The number of hydrogen-bond acceptors (Lipinski definition) is 4. The van der Waals surface area contributed by atoms with E-state index in [9.17, 15) is 23.2 Å². The number of hydrogen-bond donors (Lipinski definition) is 1. The van der Waals surface area contributed by atoms with Crippen molar-refractivity contribution in [1.29, 1.82) is 0 Å². The second kappa shape index (κ2) is 6.41. The van der Waals surface area contributed by atoms with E-state index < -0.39 is 42.9 Å². The van der Waals surface area contributed by atoms with Gasteiger partial charge in [0, 0.05) is 11.6 Å². The van der Waals surface area contributed by atoms with Gasteiger partial charge in [-0.2, -0.15) is 0 Å². The van der Waals surface area contributed by atoms with Crippen LogP contribution in [0.4, 0.5) is 8.78 Å². The molecule has 1 fully saturated rings. The normalized spacial score (nSPS) is 15.9. The number of nitrogens with one attached hydrogen (secondary N) is 1. The molecule has 1 aromatic heterocycles. The summed E-state index contributed by atoms with van der Waals surface area (Å²) in [5.74, 6) is -3.12. The van der Waals surface area contributed by atoms with Gasteiger partial charge in [0.2, 0.25) is 5.91 Å². The molecule has 0 saturated carbocycles. The van der Waals surface area contributed by atoms with Gasteiger partial charge in [0.15, 0.2) is 0 Å². The van der Waals surface area contributed by atoms with E-state index in [1.807, 2.05) is 0 Å². The van der Waals surface area contributed by atoms with Crippen molar-refractivity contribution >= 4 is 28.7 Å². The summed E-state index contributed by atoms with van der Waals surface area (Å²) in [5, 5.41) is 3.00. The molecule has 1 aromatic carbocycles. The summed E-state index contributed by atoms with van der Waals surface area (Å²) in [4.78, 5) is 39.9. The highest BCUT2D eigenvalue weighted by molar-refractivity contribution is 6.06. The molecule has 2 amide bonds. The molecule has 1 aliphatic rings. The SMILES string of the molecule is O=C=C1CC(F)(F)CN1C(=O)CNC(=O)c1ccnc2ccccc12. The van der Waals surface area contributed by atoms with Crippen molar-refractivity contribution in [2.24, 2.45) is 0 Å². The second-order valence-corrected chi connectivity index (χ2v) is 5.62. The summed E-state index contributed by atoms with van der Waals surface area (Å²) < 4.78 is 26.7. The van der Waals surface area contributed by atoms with Crippen LogP contribution < -0.4 is 5.32 Å². The molecule has 1 aliphatic heterocycles. The Morgan fingerprint density at radius 2 is 2.04 bits per heavy atom. The Morgan fingerprint density at radius 3 is 2.80 bits per heavy atom. The van der Waals surface area contributed by atoms with Gasteiger partial charge in [-0.3, -0.25) is 19.5 Å².